The van der Waals surface area contributed by atoms with Crippen molar-refractivity contribution in [2.75, 3.05) is 5.32 Å². The Kier molecular flexibility index (Phi) is 2.78. The zero-order valence-corrected chi connectivity index (χ0v) is 10.0. The van der Waals surface area contributed by atoms with E-state index in [-0.39, 0.29) is 5.91 Å². The molecule has 0 aromatic heterocycles. The molecule has 1 N–H and O–H groups in total. The quantitative estimate of drug-likeness (QED) is 0.834. The van der Waals surface area contributed by atoms with E-state index < -0.39 is 11.6 Å². The van der Waals surface area contributed by atoms with E-state index in [0.29, 0.717) is 18.4 Å². The number of halogens is 2. The fourth-order valence-corrected chi connectivity index (χ4v) is 2.28. The summed E-state index contributed by atoms with van der Waals surface area (Å²) in [4.78, 5) is 11.3. The average Bonchev–Trinajstić information content (AvgIpc) is 2.37. The Morgan fingerprint density at radius 2 is 1.63 bits per heavy atom. The van der Waals surface area contributed by atoms with Crippen molar-refractivity contribution >= 4 is 11.6 Å². The molecule has 0 atom stereocenters. The second kappa shape index (κ2) is 4.46. The molecule has 2 aromatic rings. The third-order valence-electron chi connectivity index (χ3n) is 3.20. The maximum Gasteiger partial charge on any atom is 0.224 e. The number of benzene rings is 2. The molecule has 1 aliphatic heterocycles. The van der Waals surface area contributed by atoms with Crippen molar-refractivity contribution in [2.45, 2.75) is 12.8 Å². The van der Waals surface area contributed by atoms with Crippen molar-refractivity contribution in [1.82, 2.24) is 0 Å². The van der Waals surface area contributed by atoms with Gasteiger partial charge < -0.3 is 5.32 Å². The van der Waals surface area contributed by atoms with E-state index >= 15 is 0 Å². The van der Waals surface area contributed by atoms with Gasteiger partial charge in [0.05, 0.1) is 0 Å². The van der Waals surface area contributed by atoms with Crippen LogP contribution in [0, 0.1) is 11.6 Å². The van der Waals surface area contributed by atoms with Gasteiger partial charge in [0, 0.05) is 18.2 Å². The van der Waals surface area contributed by atoms with Gasteiger partial charge in [-0.05, 0) is 47.4 Å². The van der Waals surface area contributed by atoms with Crippen LogP contribution in [0.5, 0.6) is 0 Å². The van der Waals surface area contributed by atoms with Crippen molar-refractivity contribution in [3.8, 4) is 11.1 Å². The third kappa shape index (κ3) is 2.34. The highest BCUT2D eigenvalue weighted by Gasteiger charge is 2.15. The van der Waals surface area contributed by atoms with Crippen molar-refractivity contribution < 1.29 is 13.6 Å². The Hall–Kier alpha value is -2.23. The highest BCUT2D eigenvalue weighted by atomic mass is 19.1. The number of fused-ring (bicyclic) bond motifs is 1. The molecule has 0 fully saturated rings. The van der Waals surface area contributed by atoms with Crippen LogP contribution in [-0.2, 0) is 11.2 Å². The standard InChI is InChI=1S/C15H11F2NO/c16-12-6-11(7-13(17)8-12)9-1-3-14-10(5-9)2-4-15(19)18-14/h1,3,5-8H,2,4H2,(H,18,19). The van der Waals surface area contributed by atoms with Crippen LogP contribution in [0.1, 0.15) is 12.0 Å². The maximum absolute atomic E-state index is 13.2. The summed E-state index contributed by atoms with van der Waals surface area (Å²) in [5.41, 5.74) is 3.00. The first-order chi connectivity index (χ1) is 9.11. The highest BCUT2D eigenvalue weighted by Crippen LogP contribution is 2.29. The summed E-state index contributed by atoms with van der Waals surface area (Å²) in [6.45, 7) is 0. The minimum Gasteiger partial charge on any atom is -0.326 e. The van der Waals surface area contributed by atoms with Crippen molar-refractivity contribution in [1.29, 1.82) is 0 Å². The first kappa shape index (κ1) is 11.8. The molecular formula is C15H11F2NO. The molecule has 96 valence electrons. The fraction of sp³-hybridized carbons (Fsp3) is 0.133. The van der Waals surface area contributed by atoms with E-state index in [0.717, 1.165) is 22.9 Å². The number of hydrogen-bond donors (Lipinski definition) is 1. The first-order valence-electron chi connectivity index (χ1n) is 6.01. The molecule has 0 bridgehead atoms. The predicted molar refractivity (Wildman–Crippen MR) is 68.7 cm³/mol. The van der Waals surface area contributed by atoms with Crippen LogP contribution in [-0.4, -0.2) is 5.91 Å². The van der Waals surface area contributed by atoms with Gasteiger partial charge in [-0.3, -0.25) is 4.79 Å². The Bertz CT molecular complexity index is 647. The summed E-state index contributed by atoms with van der Waals surface area (Å²) in [5, 5.41) is 2.77. The minimum atomic E-state index is -0.596. The third-order valence-corrected chi connectivity index (χ3v) is 3.20. The number of carbonyl (C=O) groups is 1. The normalized spacial score (nSPS) is 13.9. The number of rotatable bonds is 1. The smallest absolute Gasteiger partial charge is 0.224 e. The minimum absolute atomic E-state index is 0.00273. The number of carbonyl (C=O) groups excluding carboxylic acids is 1. The Morgan fingerprint density at radius 3 is 2.37 bits per heavy atom. The molecule has 3 rings (SSSR count). The van der Waals surface area contributed by atoms with Gasteiger partial charge in [0.25, 0.3) is 0 Å². The lowest BCUT2D eigenvalue weighted by atomic mass is 9.97. The van der Waals surface area contributed by atoms with Crippen molar-refractivity contribution in [3.05, 3.63) is 53.6 Å². The van der Waals surface area contributed by atoms with E-state index in [4.69, 9.17) is 0 Å². The second-order valence-corrected chi connectivity index (χ2v) is 4.58. The highest BCUT2D eigenvalue weighted by molar-refractivity contribution is 5.94. The number of nitrogens with one attached hydrogen (secondary N) is 1. The molecule has 1 amide bonds. The van der Waals surface area contributed by atoms with Crippen LogP contribution in [0.4, 0.5) is 14.5 Å². The molecule has 0 saturated carbocycles. The molecule has 0 spiro atoms. The monoisotopic (exact) mass is 259 g/mol. The van der Waals surface area contributed by atoms with Crippen molar-refractivity contribution in [2.24, 2.45) is 0 Å². The average molecular weight is 259 g/mol. The zero-order valence-electron chi connectivity index (χ0n) is 10.0. The number of anilines is 1. The lowest BCUT2D eigenvalue weighted by Gasteiger charge is -2.17. The van der Waals surface area contributed by atoms with E-state index in [1.54, 1.807) is 12.1 Å². The van der Waals surface area contributed by atoms with Crippen LogP contribution in [0.2, 0.25) is 0 Å². The summed E-state index contributed by atoms with van der Waals surface area (Å²) < 4.78 is 26.4. The van der Waals surface area contributed by atoms with Gasteiger partial charge in [-0.1, -0.05) is 6.07 Å². The van der Waals surface area contributed by atoms with Crippen LogP contribution in [0.25, 0.3) is 11.1 Å². The topological polar surface area (TPSA) is 29.1 Å². The lowest BCUT2D eigenvalue weighted by Crippen LogP contribution is -2.18. The molecule has 19 heavy (non-hydrogen) atoms. The molecule has 2 nitrogen and oxygen atoms in total. The predicted octanol–water partition coefficient (Wildman–Crippen LogP) is 3.52. The summed E-state index contributed by atoms with van der Waals surface area (Å²) in [7, 11) is 0. The molecule has 0 saturated heterocycles. The molecule has 0 unspecified atom stereocenters. The maximum atomic E-state index is 13.2. The molecule has 0 aliphatic carbocycles. The molecule has 1 aliphatic rings. The van der Waals surface area contributed by atoms with Gasteiger partial charge >= 0.3 is 0 Å². The van der Waals surface area contributed by atoms with Gasteiger partial charge in [0.15, 0.2) is 0 Å². The molecule has 4 heteroatoms. The van der Waals surface area contributed by atoms with E-state index in [1.165, 1.54) is 12.1 Å². The van der Waals surface area contributed by atoms with Crippen LogP contribution in [0.15, 0.2) is 36.4 Å². The second-order valence-electron chi connectivity index (χ2n) is 4.58. The lowest BCUT2D eigenvalue weighted by molar-refractivity contribution is -0.116. The number of hydrogen-bond acceptors (Lipinski definition) is 1. The summed E-state index contributed by atoms with van der Waals surface area (Å²) >= 11 is 0. The van der Waals surface area contributed by atoms with Crippen molar-refractivity contribution in [3.63, 3.8) is 0 Å². The summed E-state index contributed by atoms with van der Waals surface area (Å²) in [6.07, 6.45) is 1.08. The van der Waals surface area contributed by atoms with Gasteiger partial charge in [-0.2, -0.15) is 0 Å². The Morgan fingerprint density at radius 1 is 0.895 bits per heavy atom. The number of amides is 1. The van der Waals surface area contributed by atoms with Gasteiger partial charge in [-0.15, -0.1) is 0 Å². The van der Waals surface area contributed by atoms with E-state index in [9.17, 15) is 13.6 Å². The number of aryl methyl sites for hydroxylation is 1. The zero-order chi connectivity index (χ0) is 13.4. The Balaban J connectivity index is 2.04. The van der Waals surface area contributed by atoms with E-state index in [2.05, 4.69) is 5.32 Å². The molecular weight excluding hydrogens is 248 g/mol. The largest absolute Gasteiger partial charge is 0.326 e. The molecule has 1 heterocycles. The van der Waals surface area contributed by atoms with Crippen LogP contribution >= 0.6 is 0 Å². The Labute approximate surface area is 109 Å². The first-order valence-corrected chi connectivity index (χ1v) is 6.01. The summed E-state index contributed by atoms with van der Waals surface area (Å²) in [6, 6.07) is 8.83. The summed E-state index contributed by atoms with van der Waals surface area (Å²) in [5.74, 6) is -1.20. The molecule has 0 radical (unpaired) electrons. The van der Waals surface area contributed by atoms with Gasteiger partial charge in [0.1, 0.15) is 11.6 Å². The van der Waals surface area contributed by atoms with E-state index in [1.807, 2.05) is 6.07 Å². The SMILES string of the molecule is O=C1CCc2cc(-c3cc(F)cc(F)c3)ccc2N1. The van der Waals surface area contributed by atoms with Gasteiger partial charge in [-0.25, -0.2) is 8.78 Å². The molecule has 2 aromatic carbocycles. The van der Waals surface area contributed by atoms with Crippen LogP contribution in [0.3, 0.4) is 0 Å². The van der Waals surface area contributed by atoms with Gasteiger partial charge in [0.2, 0.25) is 5.91 Å². The van der Waals surface area contributed by atoms with Crippen LogP contribution < -0.4 is 5.32 Å². The fourth-order valence-electron chi connectivity index (χ4n) is 2.28.